The molecule has 0 radical (unpaired) electrons. The van der Waals surface area contributed by atoms with E-state index in [0.29, 0.717) is 5.69 Å². The molecule has 0 saturated carbocycles. The normalized spacial score (nSPS) is 10.6. The lowest BCUT2D eigenvalue weighted by atomic mass is 10.3. The predicted octanol–water partition coefficient (Wildman–Crippen LogP) is -0.0681. The van der Waals surface area contributed by atoms with Crippen LogP contribution < -0.4 is 16.1 Å². The van der Waals surface area contributed by atoms with Gasteiger partial charge in [0.1, 0.15) is 0 Å². The summed E-state index contributed by atoms with van der Waals surface area (Å²) in [5.74, 6) is 0. The Morgan fingerprint density at radius 1 is 1.21 bits per heavy atom. The van der Waals surface area contributed by atoms with Gasteiger partial charge in [-0.3, -0.25) is 5.43 Å². The molecule has 0 spiro atoms. The van der Waals surface area contributed by atoms with Crippen molar-refractivity contribution in [2.45, 2.75) is 4.90 Å². The van der Waals surface area contributed by atoms with Crippen molar-refractivity contribution < 1.29 is 8.42 Å². The monoisotopic (exact) mass is 216 g/mol. The Hall–Kier alpha value is -1.67. The highest BCUT2D eigenvalue weighted by molar-refractivity contribution is 7.89. The van der Waals surface area contributed by atoms with Crippen molar-refractivity contribution in [2.75, 3.05) is 5.43 Å². The van der Waals surface area contributed by atoms with Gasteiger partial charge in [-0.2, -0.15) is 5.53 Å². The van der Waals surface area contributed by atoms with Crippen LogP contribution in [0.3, 0.4) is 0 Å². The average Bonchev–Trinajstić information content (AvgIpc) is 2.14. The van der Waals surface area contributed by atoms with Crippen LogP contribution in [0.25, 0.3) is 0 Å². The SMILES string of the molecule is NS(=O)(=O)c1ccc(NNN=O)cc1. The molecule has 0 saturated heterocycles. The number of hydrogen-bond acceptors (Lipinski definition) is 5. The summed E-state index contributed by atoms with van der Waals surface area (Å²) in [7, 11) is -3.67. The topological polar surface area (TPSA) is 114 Å². The Morgan fingerprint density at radius 3 is 2.21 bits per heavy atom. The second kappa shape index (κ2) is 4.03. The number of nitrogens with one attached hydrogen (secondary N) is 2. The van der Waals surface area contributed by atoms with E-state index in [1.165, 1.54) is 24.3 Å². The van der Waals surface area contributed by atoms with E-state index >= 15 is 0 Å². The van der Waals surface area contributed by atoms with E-state index < -0.39 is 10.0 Å². The molecular weight excluding hydrogens is 208 g/mol. The maximum atomic E-state index is 10.8. The molecule has 0 aliphatic rings. The number of nitroso groups, excluding NO2 is 1. The number of primary sulfonamides is 1. The van der Waals surface area contributed by atoms with Crippen molar-refractivity contribution in [2.24, 2.45) is 10.4 Å². The van der Waals surface area contributed by atoms with Gasteiger partial charge in [-0.05, 0) is 24.3 Å². The first kappa shape index (κ1) is 10.4. The third-order valence-corrected chi connectivity index (χ3v) is 2.36. The lowest BCUT2D eigenvalue weighted by Gasteiger charge is -2.03. The maximum Gasteiger partial charge on any atom is 0.238 e. The molecule has 0 unspecified atom stereocenters. The van der Waals surface area contributed by atoms with E-state index in [1.54, 1.807) is 0 Å². The van der Waals surface area contributed by atoms with Crippen LogP contribution in [0.15, 0.2) is 34.4 Å². The minimum absolute atomic E-state index is 0.00196. The van der Waals surface area contributed by atoms with Gasteiger partial charge in [0.25, 0.3) is 0 Å². The van der Waals surface area contributed by atoms with E-state index in [4.69, 9.17) is 5.14 Å². The molecule has 0 aliphatic carbocycles. The Balaban J connectivity index is 2.84. The number of benzene rings is 1. The Bertz CT molecular complexity index is 413. The number of nitrogens with two attached hydrogens (primary N) is 1. The Labute approximate surface area is 80.3 Å². The third-order valence-electron chi connectivity index (χ3n) is 1.43. The molecule has 0 fully saturated rings. The van der Waals surface area contributed by atoms with Crippen LogP contribution in [0.1, 0.15) is 0 Å². The fourth-order valence-electron chi connectivity index (χ4n) is 0.815. The fraction of sp³-hybridized carbons (Fsp3) is 0. The molecule has 1 aromatic carbocycles. The summed E-state index contributed by atoms with van der Waals surface area (Å²) < 4.78 is 21.7. The van der Waals surface area contributed by atoms with Crippen LogP contribution in [-0.4, -0.2) is 8.42 Å². The number of sulfonamides is 1. The van der Waals surface area contributed by atoms with Gasteiger partial charge in [0.2, 0.25) is 10.0 Å². The average molecular weight is 216 g/mol. The second-order valence-corrected chi connectivity index (χ2v) is 3.96. The molecular formula is C6H8N4O3S. The molecule has 1 rings (SSSR count). The van der Waals surface area contributed by atoms with Crippen LogP contribution in [0.2, 0.25) is 0 Å². The zero-order chi connectivity index (χ0) is 10.6. The molecule has 0 bridgehead atoms. The first-order chi connectivity index (χ1) is 6.54. The smallest absolute Gasteiger partial charge is 0.238 e. The summed E-state index contributed by atoms with van der Waals surface area (Å²) in [5.41, 5.74) is 4.87. The molecule has 0 amide bonds. The van der Waals surface area contributed by atoms with E-state index in [0.717, 1.165) is 0 Å². The van der Waals surface area contributed by atoms with Crippen molar-refractivity contribution in [3.05, 3.63) is 29.2 Å². The van der Waals surface area contributed by atoms with E-state index in [-0.39, 0.29) is 4.90 Å². The van der Waals surface area contributed by atoms with Crippen molar-refractivity contribution in [1.29, 1.82) is 0 Å². The van der Waals surface area contributed by atoms with Gasteiger partial charge in [0.05, 0.1) is 15.9 Å². The fourth-order valence-corrected chi connectivity index (χ4v) is 1.33. The summed E-state index contributed by atoms with van der Waals surface area (Å²) in [6.45, 7) is 0. The molecule has 0 aromatic heterocycles. The molecule has 4 N–H and O–H groups in total. The van der Waals surface area contributed by atoms with E-state index in [9.17, 15) is 13.3 Å². The second-order valence-electron chi connectivity index (χ2n) is 2.40. The van der Waals surface area contributed by atoms with Crippen molar-refractivity contribution in [3.8, 4) is 0 Å². The van der Waals surface area contributed by atoms with Gasteiger partial charge in [-0.1, -0.05) is 0 Å². The number of anilines is 1. The summed E-state index contributed by atoms with van der Waals surface area (Å²) in [5, 5.41) is 7.22. The zero-order valence-corrected chi connectivity index (χ0v) is 7.78. The van der Waals surface area contributed by atoms with Crippen LogP contribution in [0.5, 0.6) is 0 Å². The van der Waals surface area contributed by atoms with Gasteiger partial charge in [0, 0.05) is 0 Å². The van der Waals surface area contributed by atoms with Crippen LogP contribution in [0, 0.1) is 4.91 Å². The Kier molecular flexibility index (Phi) is 2.99. The third kappa shape index (κ3) is 2.68. The van der Waals surface area contributed by atoms with E-state index in [2.05, 4.69) is 10.7 Å². The molecule has 0 heterocycles. The highest BCUT2D eigenvalue weighted by Crippen LogP contribution is 2.11. The first-order valence-corrected chi connectivity index (χ1v) is 5.05. The van der Waals surface area contributed by atoms with Crippen molar-refractivity contribution >= 4 is 15.7 Å². The molecule has 14 heavy (non-hydrogen) atoms. The van der Waals surface area contributed by atoms with Gasteiger partial charge < -0.3 is 0 Å². The molecule has 0 aliphatic heterocycles. The zero-order valence-electron chi connectivity index (χ0n) is 6.97. The molecule has 7 nitrogen and oxygen atoms in total. The lowest BCUT2D eigenvalue weighted by Crippen LogP contribution is -2.14. The molecule has 76 valence electrons. The first-order valence-electron chi connectivity index (χ1n) is 3.50. The van der Waals surface area contributed by atoms with Crippen LogP contribution in [0.4, 0.5) is 5.69 Å². The number of rotatable bonds is 4. The molecule has 1 aromatic rings. The van der Waals surface area contributed by atoms with Gasteiger partial charge >= 0.3 is 0 Å². The highest BCUT2D eigenvalue weighted by atomic mass is 32.2. The highest BCUT2D eigenvalue weighted by Gasteiger charge is 2.05. The van der Waals surface area contributed by atoms with Gasteiger partial charge in [-0.15, -0.1) is 4.91 Å². The minimum Gasteiger partial charge on any atom is -0.283 e. The minimum atomic E-state index is -3.67. The summed E-state index contributed by atoms with van der Waals surface area (Å²) >= 11 is 0. The summed E-state index contributed by atoms with van der Waals surface area (Å²) in [6, 6.07) is 5.50. The maximum absolute atomic E-state index is 10.8. The number of hydrazine groups is 1. The van der Waals surface area contributed by atoms with E-state index in [1.807, 2.05) is 5.53 Å². The quantitative estimate of drug-likeness (QED) is 0.481. The molecule has 8 heteroatoms. The number of nitrogens with zero attached hydrogens (tertiary/aromatic N) is 1. The van der Waals surface area contributed by atoms with Crippen molar-refractivity contribution in [1.82, 2.24) is 5.53 Å². The van der Waals surface area contributed by atoms with Crippen molar-refractivity contribution in [3.63, 3.8) is 0 Å². The van der Waals surface area contributed by atoms with Crippen LogP contribution >= 0.6 is 0 Å². The summed E-state index contributed by atoms with van der Waals surface area (Å²) in [6.07, 6.45) is 0. The molecule has 0 atom stereocenters. The number of hydrogen-bond donors (Lipinski definition) is 3. The lowest BCUT2D eigenvalue weighted by molar-refractivity contribution is 0.598. The van der Waals surface area contributed by atoms with Crippen LogP contribution in [-0.2, 0) is 10.0 Å². The predicted molar refractivity (Wildman–Crippen MR) is 50.4 cm³/mol. The largest absolute Gasteiger partial charge is 0.283 e. The standard InChI is InChI=1S/C6H8N4O3S/c7-14(12,13)6-3-1-5(2-4-6)8-9-10-11/h1-4H,(H,8,10)(H,9,11)(H2,7,12,13). The van der Waals surface area contributed by atoms with Gasteiger partial charge in [0.15, 0.2) is 0 Å². The summed E-state index contributed by atoms with van der Waals surface area (Å²) in [4.78, 5) is 9.67. The van der Waals surface area contributed by atoms with Gasteiger partial charge in [-0.25, -0.2) is 13.6 Å². The Morgan fingerprint density at radius 2 is 1.79 bits per heavy atom.